The first kappa shape index (κ1) is 21.0. The summed E-state index contributed by atoms with van der Waals surface area (Å²) in [5, 5.41) is 6.43. The summed E-state index contributed by atoms with van der Waals surface area (Å²) in [6.07, 6.45) is 6.46. The zero-order valence-corrected chi connectivity index (χ0v) is 18.2. The van der Waals surface area contributed by atoms with Gasteiger partial charge in [0, 0.05) is 13.1 Å². The minimum absolute atomic E-state index is 0.591. The van der Waals surface area contributed by atoms with Crippen LogP contribution in [0.5, 0.6) is 0 Å². The van der Waals surface area contributed by atoms with E-state index in [1.54, 1.807) is 18.9 Å². The lowest BCUT2D eigenvalue weighted by Gasteiger charge is -2.05. The Morgan fingerprint density at radius 1 is 0.647 bits per heavy atom. The van der Waals surface area contributed by atoms with Gasteiger partial charge < -0.3 is 20.6 Å². The Labute approximate surface area is 195 Å². The zero-order valence-electron chi connectivity index (χ0n) is 18.2. The number of nitrogens with zero attached hydrogens (tertiary/aromatic N) is 6. The first-order chi connectivity index (χ1) is 16.8. The second-order valence-electron chi connectivity index (χ2n) is 7.34. The zero-order chi connectivity index (χ0) is 23.0. The maximum absolute atomic E-state index is 4.29. The van der Waals surface area contributed by atoms with Gasteiger partial charge in [-0.3, -0.25) is 0 Å². The molecule has 10 nitrogen and oxygen atoms in total. The van der Waals surface area contributed by atoms with E-state index in [1.807, 2.05) is 36.4 Å². The van der Waals surface area contributed by atoms with Crippen LogP contribution in [0.2, 0.25) is 0 Å². The fourth-order valence-electron chi connectivity index (χ4n) is 3.28. The highest BCUT2D eigenvalue weighted by Gasteiger charge is 2.04. The van der Waals surface area contributed by atoms with Gasteiger partial charge in [-0.25, -0.2) is 24.9 Å². The van der Waals surface area contributed by atoms with Crippen LogP contribution in [0.1, 0.15) is 11.1 Å². The first-order valence-electron chi connectivity index (χ1n) is 10.7. The molecular formula is C24H22N10. The van der Waals surface area contributed by atoms with Gasteiger partial charge in [0.15, 0.2) is 17.1 Å². The molecule has 4 heterocycles. The third-order valence-corrected chi connectivity index (χ3v) is 4.99. The summed E-state index contributed by atoms with van der Waals surface area (Å²) in [7, 11) is 0. The average Bonchev–Trinajstić information content (AvgIpc) is 3.57. The number of benzene rings is 2. The fraction of sp³-hybridized carbons (Fsp3) is 0.0833. The summed E-state index contributed by atoms with van der Waals surface area (Å²) < 4.78 is 0. The molecule has 0 radical (unpaired) electrons. The number of imidazole rings is 2. The van der Waals surface area contributed by atoms with Crippen LogP contribution in [0.25, 0.3) is 22.3 Å². The van der Waals surface area contributed by atoms with E-state index in [9.17, 15) is 0 Å². The quantitative estimate of drug-likeness (QED) is 0.300. The summed E-state index contributed by atoms with van der Waals surface area (Å²) in [6.45, 7) is 1.43. The van der Waals surface area contributed by atoms with Crippen molar-refractivity contribution in [2.75, 3.05) is 10.6 Å². The minimum Gasteiger partial charge on any atom is -0.364 e. The lowest BCUT2D eigenvalue weighted by molar-refractivity contribution is 1.07. The van der Waals surface area contributed by atoms with Gasteiger partial charge in [-0.2, -0.15) is 4.98 Å². The van der Waals surface area contributed by atoms with E-state index in [0.717, 1.165) is 23.4 Å². The van der Waals surface area contributed by atoms with E-state index in [1.165, 1.54) is 17.5 Å². The second-order valence-corrected chi connectivity index (χ2v) is 7.34. The van der Waals surface area contributed by atoms with Gasteiger partial charge in [0.2, 0.25) is 5.95 Å². The minimum atomic E-state index is 0.591. The molecule has 0 amide bonds. The molecule has 0 aliphatic rings. The molecule has 4 aromatic heterocycles. The number of rotatable bonds is 6. The largest absolute Gasteiger partial charge is 0.364 e. The molecular weight excluding hydrogens is 428 g/mol. The number of hydrogen-bond donors (Lipinski definition) is 4. The number of fused-ring (bicyclic) bond motifs is 2. The van der Waals surface area contributed by atoms with Crippen LogP contribution in [-0.4, -0.2) is 39.9 Å². The molecule has 0 aliphatic heterocycles. The summed E-state index contributed by atoms with van der Waals surface area (Å²) in [4.78, 5) is 30.9. The second kappa shape index (κ2) is 10.2. The van der Waals surface area contributed by atoms with Crippen molar-refractivity contribution in [1.29, 1.82) is 0 Å². The predicted molar refractivity (Wildman–Crippen MR) is 131 cm³/mol. The Balaban J connectivity index is 0.000000142. The lowest BCUT2D eigenvalue weighted by Crippen LogP contribution is -2.03. The predicted octanol–water partition coefficient (Wildman–Crippen LogP) is 3.93. The van der Waals surface area contributed by atoms with Crippen LogP contribution in [0.15, 0.2) is 85.8 Å². The van der Waals surface area contributed by atoms with E-state index in [4.69, 9.17) is 0 Å². The van der Waals surface area contributed by atoms with E-state index >= 15 is 0 Å². The molecule has 2 aromatic carbocycles. The maximum Gasteiger partial charge on any atom is 0.225 e. The molecule has 0 fully saturated rings. The van der Waals surface area contributed by atoms with E-state index in [2.05, 4.69) is 74.8 Å². The molecule has 6 aromatic rings. The third-order valence-electron chi connectivity index (χ3n) is 4.99. The van der Waals surface area contributed by atoms with Crippen molar-refractivity contribution in [2.45, 2.75) is 13.1 Å². The van der Waals surface area contributed by atoms with Crippen molar-refractivity contribution < 1.29 is 0 Å². The number of aromatic nitrogens is 8. The van der Waals surface area contributed by atoms with Gasteiger partial charge in [-0.15, -0.1) is 0 Å². The summed E-state index contributed by atoms with van der Waals surface area (Å²) in [5.74, 6) is 1.37. The van der Waals surface area contributed by atoms with Gasteiger partial charge in [-0.1, -0.05) is 60.7 Å². The Morgan fingerprint density at radius 2 is 1.32 bits per heavy atom. The normalized spacial score (nSPS) is 10.6. The molecule has 0 saturated heterocycles. The van der Waals surface area contributed by atoms with Crippen LogP contribution in [0.4, 0.5) is 11.8 Å². The summed E-state index contributed by atoms with van der Waals surface area (Å²) >= 11 is 0. The van der Waals surface area contributed by atoms with Gasteiger partial charge in [0.05, 0.1) is 18.9 Å². The molecule has 168 valence electrons. The van der Waals surface area contributed by atoms with Crippen molar-refractivity contribution in [1.82, 2.24) is 39.9 Å². The first-order valence-corrected chi connectivity index (χ1v) is 10.7. The Morgan fingerprint density at radius 3 is 2.09 bits per heavy atom. The van der Waals surface area contributed by atoms with Crippen LogP contribution >= 0.6 is 0 Å². The molecule has 4 N–H and O–H groups in total. The molecule has 0 spiro atoms. The van der Waals surface area contributed by atoms with E-state index < -0.39 is 0 Å². The van der Waals surface area contributed by atoms with Crippen molar-refractivity contribution in [2.24, 2.45) is 0 Å². The third kappa shape index (κ3) is 5.13. The van der Waals surface area contributed by atoms with Crippen LogP contribution in [0.3, 0.4) is 0 Å². The molecule has 0 unspecified atom stereocenters. The van der Waals surface area contributed by atoms with Crippen molar-refractivity contribution in [3.05, 3.63) is 97.0 Å². The monoisotopic (exact) mass is 450 g/mol. The topological polar surface area (TPSA) is 133 Å². The molecule has 0 aliphatic carbocycles. The highest BCUT2D eigenvalue weighted by Crippen LogP contribution is 2.15. The Kier molecular flexibility index (Phi) is 6.29. The summed E-state index contributed by atoms with van der Waals surface area (Å²) in [5.41, 5.74) is 5.43. The number of H-pyrrole nitrogens is 2. The van der Waals surface area contributed by atoms with Crippen molar-refractivity contribution >= 4 is 34.1 Å². The molecule has 6 rings (SSSR count). The molecule has 10 heteroatoms. The number of hydrogen-bond acceptors (Lipinski definition) is 8. The standard InChI is InChI=1S/2C12H11N5/c1-2-4-9(5-3-1)6-13-11-10-12(15-7-14-10)17-8-16-11;1-2-4-9(5-3-1)6-13-12-14-7-10-11(17-12)16-8-15-10/h2*1-5,7-8H,6H2,(H2,13,14,15,16,17). The smallest absolute Gasteiger partial charge is 0.225 e. The molecule has 34 heavy (non-hydrogen) atoms. The highest BCUT2D eigenvalue weighted by molar-refractivity contribution is 5.81. The van der Waals surface area contributed by atoms with Gasteiger partial charge >= 0.3 is 0 Å². The van der Waals surface area contributed by atoms with Crippen LogP contribution < -0.4 is 10.6 Å². The molecule has 0 atom stereocenters. The van der Waals surface area contributed by atoms with Gasteiger partial charge in [0.1, 0.15) is 17.4 Å². The highest BCUT2D eigenvalue weighted by atomic mass is 15.1. The SMILES string of the molecule is c1ccc(CNc2ncc3[nH]cnc3n2)cc1.c1ccc(CNc2ncnc3nc[nH]c23)cc1. The Hall–Kier alpha value is -4.86. The number of nitrogens with one attached hydrogen (secondary N) is 4. The molecule has 0 bridgehead atoms. The van der Waals surface area contributed by atoms with Crippen molar-refractivity contribution in [3.8, 4) is 0 Å². The van der Waals surface area contributed by atoms with Gasteiger partial charge in [0.25, 0.3) is 0 Å². The van der Waals surface area contributed by atoms with Crippen LogP contribution in [-0.2, 0) is 13.1 Å². The average molecular weight is 451 g/mol. The number of anilines is 2. The van der Waals surface area contributed by atoms with E-state index in [-0.39, 0.29) is 0 Å². The summed E-state index contributed by atoms with van der Waals surface area (Å²) in [6, 6.07) is 20.3. The van der Waals surface area contributed by atoms with Crippen molar-refractivity contribution in [3.63, 3.8) is 0 Å². The number of aromatic amines is 2. The van der Waals surface area contributed by atoms with Gasteiger partial charge in [-0.05, 0) is 11.1 Å². The van der Waals surface area contributed by atoms with E-state index in [0.29, 0.717) is 23.8 Å². The molecule has 0 saturated carbocycles. The van der Waals surface area contributed by atoms with Crippen LogP contribution in [0, 0.1) is 0 Å². The maximum atomic E-state index is 4.29. The fourth-order valence-corrected chi connectivity index (χ4v) is 3.28. The Bertz CT molecular complexity index is 1460. The lowest BCUT2D eigenvalue weighted by atomic mass is 10.2.